The van der Waals surface area contributed by atoms with Crippen LogP contribution in [-0.2, 0) is 9.47 Å². The van der Waals surface area contributed by atoms with Gasteiger partial charge in [-0.15, -0.1) is 0 Å². The summed E-state index contributed by atoms with van der Waals surface area (Å²) in [7, 11) is 1.72. The van der Waals surface area contributed by atoms with Gasteiger partial charge in [-0.3, -0.25) is 0 Å². The summed E-state index contributed by atoms with van der Waals surface area (Å²) in [5, 5.41) is 3.63. The Hall–Kier alpha value is -0.120. The molecular formula is C14H29NO2. The third-order valence-corrected chi connectivity index (χ3v) is 3.69. The van der Waals surface area contributed by atoms with Gasteiger partial charge >= 0.3 is 0 Å². The first kappa shape index (κ1) is 14.9. The van der Waals surface area contributed by atoms with E-state index in [1.165, 1.54) is 32.1 Å². The van der Waals surface area contributed by atoms with Gasteiger partial charge in [-0.2, -0.15) is 0 Å². The molecule has 0 aromatic carbocycles. The van der Waals surface area contributed by atoms with Crippen molar-refractivity contribution >= 4 is 0 Å². The lowest BCUT2D eigenvalue weighted by Crippen LogP contribution is -2.38. The molecule has 0 radical (unpaired) electrons. The fourth-order valence-corrected chi connectivity index (χ4v) is 2.76. The van der Waals surface area contributed by atoms with E-state index in [4.69, 9.17) is 9.47 Å². The number of hydrogen-bond acceptors (Lipinski definition) is 3. The third kappa shape index (κ3) is 6.39. The molecule has 0 bridgehead atoms. The molecule has 1 aliphatic carbocycles. The summed E-state index contributed by atoms with van der Waals surface area (Å²) in [5.41, 5.74) is 0. The van der Waals surface area contributed by atoms with E-state index >= 15 is 0 Å². The molecule has 1 rings (SSSR count). The van der Waals surface area contributed by atoms with E-state index in [9.17, 15) is 0 Å². The van der Waals surface area contributed by atoms with Crippen LogP contribution in [0.25, 0.3) is 0 Å². The van der Waals surface area contributed by atoms with E-state index in [1.807, 2.05) is 0 Å². The highest BCUT2D eigenvalue weighted by molar-refractivity contribution is 4.78. The Balaban J connectivity index is 2.17. The summed E-state index contributed by atoms with van der Waals surface area (Å²) in [5.74, 6) is 0.870. The van der Waals surface area contributed by atoms with Crippen LogP contribution < -0.4 is 5.32 Å². The van der Waals surface area contributed by atoms with Gasteiger partial charge < -0.3 is 14.8 Å². The van der Waals surface area contributed by atoms with Crippen molar-refractivity contribution in [3.63, 3.8) is 0 Å². The van der Waals surface area contributed by atoms with E-state index in [0.29, 0.717) is 12.6 Å². The van der Waals surface area contributed by atoms with Gasteiger partial charge in [0.15, 0.2) is 0 Å². The molecule has 0 aromatic heterocycles. The van der Waals surface area contributed by atoms with E-state index in [1.54, 1.807) is 7.11 Å². The summed E-state index contributed by atoms with van der Waals surface area (Å²) >= 11 is 0. The molecule has 3 heteroatoms. The lowest BCUT2D eigenvalue weighted by Gasteiger charge is -2.30. The predicted molar refractivity (Wildman–Crippen MR) is 71.4 cm³/mol. The molecule has 1 aliphatic rings. The van der Waals surface area contributed by atoms with Crippen LogP contribution in [0.3, 0.4) is 0 Å². The Bertz CT molecular complexity index is 170. The highest BCUT2D eigenvalue weighted by Crippen LogP contribution is 2.27. The van der Waals surface area contributed by atoms with Crippen molar-refractivity contribution in [1.29, 1.82) is 0 Å². The van der Waals surface area contributed by atoms with Crippen molar-refractivity contribution in [1.82, 2.24) is 5.32 Å². The van der Waals surface area contributed by atoms with Crippen LogP contribution >= 0.6 is 0 Å². The quantitative estimate of drug-likeness (QED) is 0.631. The van der Waals surface area contributed by atoms with E-state index in [2.05, 4.69) is 12.2 Å². The van der Waals surface area contributed by atoms with Crippen LogP contribution in [0.4, 0.5) is 0 Å². The molecule has 1 saturated carbocycles. The summed E-state index contributed by atoms with van der Waals surface area (Å²) in [4.78, 5) is 0. The van der Waals surface area contributed by atoms with Crippen LogP contribution in [-0.4, -0.2) is 39.5 Å². The smallest absolute Gasteiger partial charge is 0.0700 e. The Morgan fingerprint density at radius 3 is 2.53 bits per heavy atom. The number of rotatable bonds is 9. The van der Waals surface area contributed by atoms with Crippen molar-refractivity contribution in [3.8, 4) is 0 Å². The lowest BCUT2D eigenvalue weighted by atomic mass is 9.83. The van der Waals surface area contributed by atoms with Crippen molar-refractivity contribution in [2.45, 2.75) is 51.5 Å². The van der Waals surface area contributed by atoms with Gasteiger partial charge in [0.25, 0.3) is 0 Å². The van der Waals surface area contributed by atoms with Gasteiger partial charge in [-0.05, 0) is 31.7 Å². The third-order valence-electron chi connectivity index (χ3n) is 3.69. The molecule has 0 heterocycles. The van der Waals surface area contributed by atoms with Gasteiger partial charge in [-0.25, -0.2) is 0 Å². The first-order valence-corrected chi connectivity index (χ1v) is 7.18. The minimum Gasteiger partial charge on any atom is -0.382 e. The average molecular weight is 243 g/mol. The van der Waals surface area contributed by atoms with Crippen LogP contribution in [0.2, 0.25) is 0 Å². The molecule has 1 unspecified atom stereocenters. The maximum absolute atomic E-state index is 5.58. The monoisotopic (exact) mass is 243 g/mol. The Morgan fingerprint density at radius 2 is 1.88 bits per heavy atom. The number of hydrogen-bond donors (Lipinski definition) is 1. The predicted octanol–water partition coefficient (Wildman–Crippen LogP) is 2.60. The molecule has 1 N–H and O–H groups in total. The van der Waals surface area contributed by atoms with Gasteiger partial charge in [0, 0.05) is 19.8 Å². The fraction of sp³-hybridized carbons (Fsp3) is 1.00. The van der Waals surface area contributed by atoms with E-state index < -0.39 is 0 Å². The number of methoxy groups -OCH3 is 1. The highest BCUT2D eigenvalue weighted by Gasteiger charge is 2.22. The molecule has 1 fully saturated rings. The fourth-order valence-electron chi connectivity index (χ4n) is 2.76. The standard InChI is InChI=1S/C14H29NO2/c1-3-15-14(9-10-17-12-11-16-2)13-7-5-4-6-8-13/h13-15H,3-12H2,1-2H3. The van der Waals surface area contributed by atoms with Crippen molar-refractivity contribution in [3.05, 3.63) is 0 Å². The Kier molecular flexibility index (Phi) is 8.67. The largest absolute Gasteiger partial charge is 0.382 e. The van der Waals surface area contributed by atoms with Crippen LogP contribution in [0.15, 0.2) is 0 Å². The van der Waals surface area contributed by atoms with Crippen LogP contribution in [0.5, 0.6) is 0 Å². The SMILES string of the molecule is CCNC(CCOCCOC)C1CCCCC1. The minimum atomic E-state index is 0.655. The highest BCUT2D eigenvalue weighted by atomic mass is 16.5. The molecule has 3 nitrogen and oxygen atoms in total. The molecule has 0 aromatic rings. The average Bonchev–Trinajstić information content (AvgIpc) is 2.38. The molecule has 0 spiro atoms. The molecular weight excluding hydrogens is 214 g/mol. The van der Waals surface area contributed by atoms with Crippen molar-refractivity contribution in [2.24, 2.45) is 5.92 Å². The summed E-state index contributed by atoms with van der Waals surface area (Å²) < 4.78 is 10.5. The number of ether oxygens (including phenoxy) is 2. The zero-order valence-corrected chi connectivity index (χ0v) is 11.5. The zero-order valence-electron chi connectivity index (χ0n) is 11.5. The molecule has 102 valence electrons. The lowest BCUT2D eigenvalue weighted by molar-refractivity contribution is 0.0615. The summed E-state index contributed by atoms with van der Waals surface area (Å²) in [6, 6.07) is 0.655. The minimum absolute atomic E-state index is 0.655. The molecule has 1 atom stereocenters. The number of nitrogens with one attached hydrogen (secondary N) is 1. The topological polar surface area (TPSA) is 30.5 Å². The summed E-state index contributed by atoms with van der Waals surface area (Å²) in [6.45, 7) is 5.55. The van der Waals surface area contributed by atoms with E-state index in [-0.39, 0.29) is 0 Å². The maximum atomic E-state index is 5.58. The molecule has 0 saturated heterocycles. The van der Waals surface area contributed by atoms with Gasteiger partial charge in [0.05, 0.1) is 13.2 Å². The van der Waals surface area contributed by atoms with Gasteiger partial charge in [0.2, 0.25) is 0 Å². The van der Waals surface area contributed by atoms with Gasteiger partial charge in [0.1, 0.15) is 0 Å². The second kappa shape index (κ2) is 9.86. The Morgan fingerprint density at radius 1 is 1.12 bits per heavy atom. The summed E-state index contributed by atoms with van der Waals surface area (Å²) in [6.07, 6.45) is 8.20. The van der Waals surface area contributed by atoms with Crippen LogP contribution in [0, 0.1) is 5.92 Å². The molecule has 17 heavy (non-hydrogen) atoms. The second-order valence-corrected chi connectivity index (χ2v) is 4.96. The Labute approximate surface area is 106 Å². The van der Waals surface area contributed by atoms with Gasteiger partial charge in [-0.1, -0.05) is 26.2 Å². The van der Waals surface area contributed by atoms with Crippen molar-refractivity contribution in [2.75, 3.05) is 33.5 Å². The normalized spacial score (nSPS) is 19.4. The maximum Gasteiger partial charge on any atom is 0.0700 e. The zero-order chi connectivity index (χ0) is 12.3. The van der Waals surface area contributed by atoms with Crippen molar-refractivity contribution < 1.29 is 9.47 Å². The second-order valence-electron chi connectivity index (χ2n) is 4.96. The first-order valence-electron chi connectivity index (χ1n) is 7.18. The van der Waals surface area contributed by atoms with Crippen LogP contribution in [0.1, 0.15) is 45.4 Å². The molecule has 0 aliphatic heterocycles. The van der Waals surface area contributed by atoms with E-state index in [0.717, 1.165) is 32.1 Å². The molecule has 0 amide bonds. The first-order chi connectivity index (χ1) is 8.38.